The van der Waals surface area contributed by atoms with E-state index in [1.54, 1.807) is 4.90 Å². The summed E-state index contributed by atoms with van der Waals surface area (Å²) in [4.78, 5) is 38.7. The van der Waals surface area contributed by atoms with Gasteiger partial charge in [-0.3, -0.25) is 9.59 Å². The summed E-state index contributed by atoms with van der Waals surface area (Å²) in [6, 6.07) is 16.1. The van der Waals surface area contributed by atoms with E-state index in [1.807, 2.05) is 36.4 Å². The number of carboxylic acids is 1. The van der Waals surface area contributed by atoms with E-state index in [9.17, 15) is 19.5 Å². The molecule has 35 heavy (non-hydrogen) atoms. The Bertz CT molecular complexity index is 1110. The predicted octanol–water partition coefficient (Wildman–Crippen LogP) is 4.18. The number of rotatable bonds is 5. The molecule has 0 radical (unpaired) electrons. The summed E-state index contributed by atoms with van der Waals surface area (Å²) in [5.41, 5.74) is 4.67. The lowest BCUT2D eigenvalue weighted by Crippen LogP contribution is -2.47. The Morgan fingerprint density at radius 3 is 2.37 bits per heavy atom. The summed E-state index contributed by atoms with van der Waals surface area (Å²) in [5, 5.41) is 12.2. The van der Waals surface area contributed by atoms with Gasteiger partial charge in [-0.05, 0) is 47.9 Å². The first-order chi connectivity index (χ1) is 17.0. The monoisotopic (exact) mass is 474 g/mol. The van der Waals surface area contributed by atoms with E-state index in [0.29, 0.717) is 32.2 Å². The fraction of sp³-hybridized carbons (Fsp3) is 0.393. The Balaban J connectivity index is 1.17. The number of hydrogen-bond acceptors (Lipinski definition) is 4. The minimum atomic E-state index is -0.846. The predicted molar refractivity (Wildman–Crippen MR) is 131 cm³/mol. The van der Waals surface area contributed by atoms with Crippen LogP contribution in [0.3, 0.4) is 0 Å². The van der Waals surface area contributed by atoms with Crippen LogP contribution < -0.4 is 5.32 Å². The number of nitrogens with zero attached hydrogens (tertiary/aromatic N) is 1. The number of carbonyl (C=O) groups excluding carboxylic acids is 2. The van der Waals surface area contributed by atoms with Crippen LogP contribution in [-0.2, 0) is 14.3 Å². The van der Waals surface area contributed by atoms with Crippen molar-refractivity contribution >= 4 is 18.0 Å². The molecule has 3 atom stereocenters. The molecule has 2 aromatic carbocycles. The number of hydrogen-bond donors (Lipinski definition) is 2. The van der Waals surface area contributed by atoms with Gasteiger partial charge in [0.1, 0.15) is 6.61 Å². The molecule has 0 spiro atoms. The molecule has 2 aliphatic carbocycles. The number of aliphatic carboxylic acids is 1. The topological polar surface area (TPSA) is 95.9 Å². The maximum absolute atomic E-state index is 13.0. The molecular weight excluding hydrogens is 444 g/mol. The summed E-state index contributed by atoms with van der Waals surface area (Å²) in [6.07, 6.45) is 5.70. The molecule has 3 unspecified atom stereocenters. The smallest absolute Gasteiger partial charge is 0.407 e. The Morgan fingerprint density at radius 1 is 1.00 bits per heavy atom. The second-order valence-corrected chi connectivity index (χ2v) is 9.63. The van der Waals surface area contributed by atoms with Crippen molar-refractivity contribution in [3.8, 4) is 11.1 Å². The Kier molecular flexibility index (Phi) is 6.57. The molecule has 0 aromatic heterocycles. The number of allylic oxidation sites excluding steroid dienone is 1. The van der Waals surface area contributed by atoms with Gasteiger partial charge in [0, 0.05) is 24.9 Å². The number of ether oxygens (including phenoxy) is 1. The highest BCUT2D eigenvalue weighted by atomic mass is 16.5. The third-order valence-electron chi connectivity index (χ3n) is 7.41. The van der Waals surface area contributed by atoms with Gasteiger partial charge in [-0.15, -0.1) is 0 Å². The van der Waals surface area contributed by atoms with E-state index < -0.39 is 18.0 Å². The highest BCUT2D eigenvalue weighted by Gasteiger charge is 2.34. The lowest BCUT2D eigenvalue weighted by molar-refractivity contribution is -0.147. The number of benzene rings is 2. The maximum Gasteiger partial charge on any atom is 0.407 e. The highest BCUT2D eigenvalue weighted by molar-refractivity contribution is 5.81. The van der Waals surface area contributed by atoms with Crippen LogP contribution in [0.4, 0.5) is 4.79 Å². The molecule has 0 saturated carbocycles. The van der Waals surface area contributed by atoms with E-state index in [2.05, 4.69) is 29.6 Å². The van der Waals surface area contributed by atoms with Crippen molar-refractivity contribution in [1.29, 1.82) is 0 Å². The number of fused-ring (bicyclic) bond motifs is 3. The van der Waals surface area contributed by atoms with Gasteiger partial charge in [-0.25, -0.2) is 4.79 Å². The van der Waals surface area contributed by atoms with Crippen molar-refractivity contribution in [2.75, 3.05) is 19.7 Å². The molecule has 1 aliphatic heterocycles. The van der Waals surface area contributed by atoms with Crippen LogP contribution in [0.5, 0.6) is 0 Å². The molecule has 3 aliphatic rings. The van der Waals surface area contributed by atoms with Gasteiger partial charge in [0.15, 0.2) is 0 Å². The van der Waals surface area contributed by atoms with Crippen LogP contribution in [0, 0.1) is 11.8 Å². The second-order valence-electron chi connectivity index (χ2n) is 9.63. The average molecular weight is 475 g/mol. The lowest BCUT2D eigenvalue weighted by Gasteiger charge is -2.35. The number of piperidine rings is 1. The number of nitrogens with one attached hydrogen (secondary N) is 1. The minimum absolute atomic E-state index is 0.00865. The number of likely N-dealkylation sites (tertiary alicyclic amines) is 1. The largest absolute Gasteiger partial charge is 0.481 e. The molecule has 7 nitrogen and oxygen atoms in total. The van der Waals surface area contributed by atoms with Crippen LogP contribution in [0.2, 0.25) is 0 Å². The van der Waals surface area contributed by atoms with Crippen molar-refractivity contribution in [2.45, 2.75) is 37.6 Å². The molecule has 2 N–H and O–H groups in total. The number of carboxylic acid groups (broad SMARTS) is 1. The average Bonchev–Trinajstić information content (AvgIpc) is 3.21. The van der Waals surface area contributed by atoms with Crippen molar-refractivity contribution in [1.82, 2.24) is 10.2 Å². The third kappa shape index (κ3) is 4.81. The standard InChI is InChI=1S/C28H30N2O5/c31-26(30-14-6-8-19(16-30)27(32)33)18-7-5-9-20(15-18)29-28(34)35-17-25-23-12-3-1-10-21(23)22-11-2-4-13-24(22)25/h1-5,9-13,18-20,25H,6-8,14-17H2,(H,29,34)(H,32,33). The fourth-order valence-electron chi connectivity index (χ4n) is 5.63. The molecule has 1 heterocycles. The summed E-state index contributed by atoms with van der Waals surface area (Å²) in [7, 11) is 0. The minimum Gasteiger partial charge on any atom is -0.481 e. The van der Waals surface area contributed by atoms with Gasteiger partial charge in [0.05, 0.1) is 12.0 Å². The van der Waals surface area contributed by atoms with Crippen molar-refractivity contribution < 1.29 is 24.2 Å². The number of alkyl carbamates (subject to hydrolysis) is 1. The molecule has 2 amide bonds. The quantitative estimate of drug-likeness (QED) is 0.634. The first-order valence-corrected chi connectivity index (χ1v) is 12.3. The van der Waals surface area contributed by atoms with Gasteiger partial charge >= 0.3 is 12.1 Å². The fourth-order valence-corrected chi connectivity index (χ4v) is 5.63. The Labute approximate surface area is 204 Å². The summed E-state index contributed by atoms with van der Waals surface area (Å²) >= 11 is 0. The van der Waals surface area contributed by atoms with E-state index in [4.69, 9.17) is 4.74 Å². The van der Waals surface area contributed by atoms with Crippen LogP contribution >= 0.6 is 0 Å². The molecule has 2 aromatic rings. The van der Waals surface area contributed by atoms with E-state index in [0.717, 1.165) is 11.1 Å². The molecule has 1 fully saturated rings. The zero-order valence-electron chi connectivity index (χ0n) is 19.6. The lowest BCUT2D eigenvalue weighted by atomic mass is 9.88. The van der Waals surface area contributed by atoms with Crippen LogP contribution in [0.25, 0.3) is 11.1 Å². The number of amides is 2. The van der Waals surface area contributed by atoms with Gasteiger partial charge in [0.2, 0.25) is 5.91 Å². The van der Waals surface area contributed by atoms with Crippen molar-refractivity contribution in [3.63, 3.8) is 0 Å². The molecule has 0 bridgehead atoms. The number of carbonyl (C=O) groups is 3. The van der Waals surface area contributed by atoms with Crippen LogP contribution in [0.15, 0.2) is 60.7 Å². The molecule has 7 heteroatoms. The SMILES string of the molecule is O=C(NC1C=CCC(C(=O)N2CCCC(C(=O)O)C2)C1)OCC1c2ccccc2-c2ccccc21. The van der Waals surface area contributed by atoms with Crippen LogP contribution in [-0.4, -0.2) is 53.7 Å². The summed E-state index contributed by atoms with van der Waals surface area (Å²) < 4.78 is 5.65. The molecule has 5 rings (SSSR count). The zero-order valence-corrected chi connectivity index (χ0v) is 19.6. The first-order valence-electron chi connectivity index (χ1n) is 12.3. The van der Waals surface area contributed by atoms with Gasteiger partial charge in [-0.2, -0.15) is 0 Å². The van der Waals surface area contributed by atoms with Crippen LogP contribution in [0.1, 0.15) is 42.7 Å². The van der Waals surface area contributed by atoms with E-state index >= 15 is 0 Å². The molecule has 1 saturated heterocycles. The third-order valence-corrected chi connectivity index (χ3v) is 7.41. The highest BCUT2D eigenvalue weighted by Crippen LogP contribution is 2.44. The Hall–Kier alpha value is -3.61. The van der Waals surface area contributed by atoms with Crippen molar-refractivity contribution in [2.24, 2.45) is 11.8 Å². The van der Waals surface area contributed by atoms with Crippen molar-refractivity contribution in [3.05, 3.63) is 71.8 Å². The van der Waals surface area contributed by atoms with E-state index in [-0.39, 0.29) is 36.9 Å². The normalized spacial score (nSPS) is 23.3. The first kappa shape index (κ1) is 23.1. The maximum atomic E-state index is 13.0. The van der Waals surface area contributed by atoms with Gasteiger partial charge in [0.25, 0.3) is 0 Å². The Morgan fingerprint density at radius 2 is 1.69 bits per heavy atom. The summed E-state index contributed by atoms with van der Waals surface area (Å²) in [6.45, 7) is 1.09. The van der Waals surface area contributed by atoms with Gasteiger partial charge < -0.3 is 20.1 Å². The molecular formula is C28H30N2O5. The summed E-state index contributed by atoms with van der Waals surface area (Å²) in [5.74, 6) is -1.65. The van der Waals surface area contributed by atoms with E-state index in [1.165, 1.54) is 11.1 Å². The zero-order chi connectivity index (χ0) is 24.4. The molecule has 182 valence electrons. The van der Waals surface area contributed by atoms with Gasteiger partial charge in [-0.1, -0.05) is 60.7 Å². The second kappa shape index (κ2) is 9.94.